The van der Waals surface area contributed by atoms with Gasteiger partial charge in [-0.2, -0.15) is 29.8 Å². The Morgan fingerprint density at radius 3 is 2.54 bits per heavy atom. The number of benzene rings is 1. The van der Waals surface area contributed by atoms with E-state index < -0.39 is 0 Å². The zero-order chi connectivity index (χ0) is 9.40. The molecule has 1 rings (SSSR count). The summed E-state index contributed by atoms with van der Waals surface area (Å²) in [5, 5.41) is 3.42. The molecule has 1 aromatic rings. The van der Waals surface area contributed by atoms with Crippen molar-refractivity contribution in [2.75, 3.05) is 0 Å². The molecule has 0 unspecified atom stereocenters. The molecule has 0 fully saturated rings. The van der Waals surface area contributed by atoms with E-state index in [0.717, 1.165) is 11.1 Å². The van der Waals surface area contributed by atoms with E-state index in [4.69, 9.17) is 5.84 Å². The molecule has 0 spiro atoms. The molecular weight excluding hydrogens is 187 g/mol. The number of aryl methyl sites for hydroxylation is 1. The van der Waals surface area contributed by atoms with Crippen LogP contribution in [-0.4, -0.2) is 6.21 Å². The number of hydrogen-bond donors (Lipinski definition) is 1. The summed E-state index contributed by atoms with van der Waals surface area (Å²) < 4.78 is 0. The van der Waals surface area contributed by atoms with Crippen LogP contribution in [0.1, 0.15) is 25.0 Å². The molecule has 0 saturated carbocycles. The Balaban J connectivity index is 0. The molecule has 0 aromatic heterocycles. The Hall–Kier alpha value is 0.326. The molecule has 0 heterocycles. The molecule has 13 heavy (non-hydrogen) atoms. The van der Waals surface area contributed by atoms with E-state index in [1.165, 1.54) is 0 Å². The fourth-order valence-electron chi connectivity index (χ4n) is 0.740. The minimum Gasteiger partial charge on any atom is -0.324 e. The Kier molecular flexibility index (Phi) is 12.6. The van der Waals surface area contributed by atoms with Crippen LogP contribution in [0.15, 0.2) is 23.3 Å². The maximum Gasteiger partial charge on any atom is 1.00 e. The number of nitrogens with two attached hydrogens (primary N) is 1. The van der Waals surface area contributed by atoms with Gasteiger partial charge >= 0.3 is 51.4 Å². The van der Waals surface area contributed by atoms with E-state index in [1.807, 2.05) is 39.0 Å². The van der Waals surface area contributed by atoms with Gasteiger partial charge in [0, 0.05) is 0 Å². The van der Waals surface area contributed by atoms with Crippen molar-refractivity contribution in [1.29, 1.82) is 0 Å². The van der Waals surface area contributed by atoms with Crippen LogP contribution in [0.25, 0.3) is 0 Å². The topological polar surface area (TPSA) is 38.4 Å². The van der Waals surface area contributed by atoms with E-state index >= 15 is 0 Å². The molecule has 2 nitrogen and oxygen atoms in total. The number of rotatable bonds is 1. The van der Waals surface area contributed by atoms with Crippen LogP contribution in [0, 0.1) is 13.0 Å². The second kappa shape index (κ2) is 10.4. The second-order valence-electron chi connectivity index (χ2n) is 2.06. The number of nitrogens with zero attached hydrogens (tertiary/aromatic N) is 1. The van der Waals surface area contributed by atoms with Gasteiger partial charge in [0.1, 0.15) is 0 Å². The average molecular weight is 202 g/mol. The molecule has 0 aliphatic rings. The van der Waals surface area contributed by atoms with Crippen molar-refractivity contribution in [3.8, 4) is 0 Å². The van der Waals surface area contributed by atoms with Crippen LogP contribution in [-0.2, 0) is 0 Å². The molecular formula is C10H15KN2. The van der Waals surface area contributed by atoms with Gasteiger partial charge < -0.3 is 5.84 Å². The fourth-order valence-corrected chi connectivity index (χ4v) is 0.740. The molecule has 0 aliphatic carbocycles. The maximum atomic E-state index is 4.98. The van der Waals surface area contributed by atoms with Crippen molar-refractivity contribution in [2.45, 2.75) is 20.8 Å². The zero-order valence-corrected chi connectivity index (χ0v) is 12.0. The van der Waals surface area contributed by atoms with E-state index in [2.05, 4.69) is 11.2 Å². The molecule has 0 aliphatic heterocycles. The van der Waals surface area contributed by atoms with Crippen LogP contribution in [0.4, 0.5) is 0 Å². The van der Waals surface area contributed by atoms with Crippen molar-refractivity contribution < 1.29 is 51.4 Å². The molecule has 0 bridgehead atoms. The van der Waals surface area contributed by atoms with Gasteiger partial charge in [0.2, 0.25) is 0 Å². The van der Waals surface area contributed by atoms with Gasteiger partial charge in [-0.1, -0.05) is 20.8 Å². The quantitative estimate of drug-likeness (QED) is 0.207. The van der Waals surface area contributed by atoms with Crippen molar-refractivity contribution in [1.82, 2.24) is 0 Å². The van der Waals surface area contributed by atoms with Gasteiger partial charge in [-0.15, -0.1) is 5.56 Å². The number of hydrogen-bond acceptors (Lipinski definition) is 2. The van der Waals surface area contributed by atoms with Crippen molar-refractivity contribution in [3.63, 3.8) is 0 Å². The summed E-state index contributed by atoms with van der Waals surface area (Å²) in [6, 6.07) is 8.63. The molecule has 0 amide bonds. The Morgan fingerprint density at radius 2 is 2.08 bits per heavy atom. The molecule has 0 atom stereocenters. The van der Waals surface area contributed by atoms with E-state index in [0.29, 0.717) is 0 Å². The molecule has 1 aromatic carbocycles. The predicted molar refractivity (Wildman–Crippen MR) is 53.1 cm³/mol. The summed E-state index contributed by atoms with van der Waals surface area (Å²) in [6.45, 7) is 6.00. The maximum absolute atomic E-state index is 4.98. The Morgan fingerprint density at radius 1 is 1.46 bits per heavy atom. The van der Waals surface area contributed by atoms with Gasteiger partial charge in [-0.3, -0.25) is 0 Å². The van der Waals surface area contributed by atoms with Crippen LogP contribution >= 0.6 is 0 Å². The van der Waals surface area contributed by atoms with Crippen molar-refractivity contribution in [2.24, 2.45) is 10.9 Å². The summed E-state index contributed by atoms with van der Waals surface area (Å²) in [5.74, 6) is 4.98. The predicted octanol–water partition coefficient (Wildman–Crippen LogP) is -0.882. The molecule has 0 radical (unpaired) electrons. The third-order valence-corrected chi connectivity index (χ3v) is 1.34. The number of hydrazone groups is 1. The SMILES string of the molecule is CC.Cc1cc[c-]cc1/C=N\N.[K+]. The van der Waals surface area contributed by atoms with Gasteiger partial charge in [0.05, 0.1) is 0 Å². The summed E-state index contributed by atoms with van der Waals surface area (Å²) >= 11 is 0. The normalized spacial score (nSPS) is 8.54. The molecule has 0 saturated heterocycles. The summed E-state index contributed by atoms with van der Waals surface area (Å²) in [6.07, 6.45) is 1.62. The van der Waals surface area contributed by atoms with Crippen LogP contribution in [0.5, 0.6) is 0 Å². The summed E-state index contributed by atoms with van der Waals surface area (Å²) in [4.78, 5) is 0. The van der Waals surface area contributed by atoms with Crippen LogP contribution in [0.2, 0.25) is 0 Å². The minimum atomic E-state index is 0. The Bertz CT molecular complexity index is 246. The van der Waals surface area contributed by atoms with Gasteiger partial charge in [0.15, 0.2) is 0 Å². The first-order chi connectivity index (χ1) is 5.84. The third-order valence-electron chi connectivity index (χ3n) is 1.34. The Labute approximate surface area is 123 Å². The van der Waals surface area contributed by atoms with Gasteiger partial charge in [-0.25, -0.2) is 5.10 Å². The smallest absolute Gasteiger partial charge is 0.324 e. The van der Waals surface area contributed by atoms with Crippen molar-refractivity contribution >= 4 is 6.21 Å². The monoisotopic (exact) mass is 202 g/mol. The van der Waals surface area contributed by atoms with Crippen LogP contribution in [0.3, 0.4) is 0 Å². The third kappa shape index (κ3) is 6.40. The first-order valence-corrected chi connectivity index (χ1v) is 4.04. The molecule has 3 heteroatoms. The van der Waals surface area contributed by atoms with Crippen LogP contribution < -0.4 is 57.2 Å². The van der Waals surface area contributed by atoms with E-state index in [1.54, 1.807) is 6.21 Å². The van der Waals surface area contributed by atoms with E-state index in [-0.39, 0.29) is 51.4 Å². The first kappa shape index (κ1) is 15.8. The largest absolute Gasteiger partial charge is 1.00 e. The van der Waals surface area contributed by atoms with E-state index in [9.17, 15) is 0 Å². The van der Waals surface area contributed by atoms with Gasteiger partial charge in [-0.05, 0) is 6.21 Å². The standard InChI is InChI=1S/C8H9N2.C2H6.K/c1-7-4-2-3-5-8(7)6-10-9;1-2;/h2,4-6H,9H2,1H3;1-2H3;/q-1;;+1/b10-6-;;. The molecule has 2 N–H and O–H groups in total. The first-order valence-electron chi connectivity index (χ1n) is 4.04. The molecule has 66 valence electrons. The minimum absolute atomic E-state index is 0. The summed E-state index contributed by atoms with van der Waals surface area (Å²) in [7, 11) is 0. The van der Waals surface area contributed by atoms with Gasteiger partial charge in [0.25, 0.3) is 0 Å². The summed E-state index contributed by atoms with van der Waals surface area (Å²) in [5.41, 5.74) is 2.18. The van der Waals surface area contributed by atoms with Crippen molar-refractivity contribution in [3.05, 3.63) is 35.4 Å². The fraction of sp³-hybridized carbons (Fsp3) is 0.300. The zero-order valence-electron chi connectivity index (χ0n) is 8.83. The average Bonchev–Trinajstić information content (AvgIpc) is 2.13. The second-order valence-corrected chi connectivity index (χ2v) is 2.06.